The molecule has 2 heterocycles. The maximum Gasteiger partial charge on any atom is 0.266 e. The predicted octanol–water partition coefficient (Wildman–Crippen LogP) is 1.86. The maximum atomic E-state index is 12.3. The number of aromatic amines is 1. The van der Waals surface area contributed by atoms with E-state index < -0.39 is 5.60 Å². The van der Waals surface area contributed by atoms with Crippen LogP contribution < -0.4 is 5.32 Å². The normalized spacial score (nSPS) is 13.9. The second-order valence-electron chi connectivity index (χ2n) is 5.58. The van der Waals surface area contributed by atoms with Crippen molar-refractivity contribution in [2.45, 2.75) is 12.5 Å². The van der Waals surface area contributed by atoms with Crippen LogP contribution in [0.5, 0.6) is 0 Å². The van der Waals surface area contributed by atoms with Gasteiger partial charge in [0.05, 0.1) is 18.3 Å². The lowest BCUT2D eigenvalue weighted by Crippen LogP contribution is -2.38. The highest BCUT2D eigenvalue weighted by Gasteiger charge is 2.25. The standard InChI is InChI=1S/C15H16N4O3S/c1-15(21,10-6-17-19(2)7-10)8-16-13(20)9-3-4-11-12(5-9)22-14(23)18-11/h3-7,21H,8H2,1-2H3,(H,16,20)(H,18,23)/t15-/m1/s1. The molecule has 0 aliphatic carbocycles. The lowest BCUT2D eigenvalue weighted by molar-refractivity contribution is 0.0526. The van der Waals surface area contributed by atoms with Crippen molar-refractivity contribution < 1.29 is 14.3 Å². The molecule has 1 amide bonds. The Morgan fingerprint density at radius 1 is 1.57 bits per heavy atom. The fourth-order valence-corrected chi connectivity index (χ4v) is 2.44. The zero-order valence-corrected chi connectivity index (χ0v) is 13.5. The summed E-state index contributed by atoms with van der Waals surface area (Å²) >= 11 is 4.91. The van der Waals surface area contributed by atoms with Crippen LogP contribution in [-0.2, 0) is 12.6 Å². The number of carbonyl (C=O) groups excluding carboxylic acids is 1. The number of carbonyl (C=O) groups is 1. The van der Waals surface area contributed by atoms with Crippen molar-refractivity contribution in [2.24, 2.45) is 7.05 Å². The van der Waals surface area contributed by atoms with Gasteiger partial charge in [-0.05, 0) is 37.3 Å². The van der Waals surface area contributed by atoms with Crippen LogP contribution in [0.15, 0.2) is 35.0 Å². The summed E-state index contributed by atoms with van der Waals surface area (Å²) in [5.41, 5.74) is 1.10. The molecule has 0 saturated heterocycles. The quantitative estimate of drug-likeness (QED) is 0.634. The van der Waals surface area contributed by atoms with Gasteiger partial charge < -0.3 is 19.8 Å². The average molecular weight is 332 g/mol. The van der Waals surface area contributed by atoms with Gasteiger partial charge in [-0.25, -0.2) is 0 Å². The Hall–Kier alpha value is -2.45. The van der Waals surface area contributed by atoms with Crippen molar-refractivity contribution in [3.8, 4) is 0 Å². The molecule has 3 N–H and O–H groups in total. The molecule has 2 aromatic heterocycles. The summed E-state index contributed by atoms with van der Waals surface area (Å²) in [5.74, 6) is -0.307. The molecule has 3 aromatic rings. The molecule has 7 nitrogen and oxygen atoms in total. The largest absolute Gasteiger partial charge is 0.429 e. The molecule has 0 radical (unpaired) electrons. The van der Waals surface area contributed by atoms with Crippen LogP contribution >= 0.6 is 12.2 Å². The average Bonchev–Trinajstić information content (AvgIpc) is 3.09. The van der Waals surface area contributed by atoms with Crippen molar-refractivity contribution >= 4 is 29.2 Å². The number of aliphatic hydroxyl groups is 1. The fraction of sp³-hybridized carbons (Fsp3) is 0.267. The van der Waals surface area contributed by atoms with Gasteiger partial charge in [-0.2, -0.15) is 5.10 Å². The predicted molar refractivity (Wildman–Crippen MR) is 86.5 cm³/mol. The number of aryl methyl sites for hydroxylation is 1. The molecule has 1 atom stereocenters. The zero-order chi connectivity index (χ0) is 16.6. The molecule has 0 saturated carbocycles. The minimum absolute atomic E-state index is 0.0616. The molecular formula is C15H16N4O3S. The van der Waals surface area contributed by atoms with E-state index >= 15 is 0 Å². The van der Waals surface area contributed by atoms with Gasteiger partial charge in [-0.15, -0.1) is 0 Å². The summed E-state index contributed by atoms with van der Waals surface area (Å²) in [6.07, 6.45) is 3.28. The number of nitrogens with one attached hydrogen (secondary N) is 2. The summed E-state index contributed by atoms with van der Waals surface area (Å²) in [6, 6.07) is 5.00. The third-order valence-corrected chi connectivity index (χ3v) is 3.79. The van der Waals surface area contributed by atoms with Crippen molar-refractivity contribution in [1.29, 1.82) is 0 Å². The minimum atomic E-state index is -1.21. The molecule has 8 heteroatoms. The first-order chi connectivity index (χ1) is 10.8. The Labute approximate surface area is 136 Å². The van der Waals surface area contributed by atoms with Gasteiger partial charge in [0.2, 0.25) is 0 Å². The fourth-order valence-electron chi connectivity index (χ4n) is 2.24. The second-order valence-corrected chi connectivity index (χ2v) is 5.96. The van der Waals surface area contributed by atoms with Crippen molar-refractivity contribution in [2.75, 3.05) is 6.54 Å². The van der Waals surface area contributed by atoms with Crippen LogP contribution in [0.3, 0.4) is 0 Å². The Bertz CT molecular complexity index is 922. The number of oxazole rings is 1. The molecule has 0 aliphatic heterocycles. The van der Waals surface area contributed by atoms with E-state index in [0.717, 1.165) is 5.52 Å². The highest BCUT2D eigenvalue weighted by Crippen LogP contribution is 2.19. The van der Waals surface area contributed by atoms with E-state index in [1.807, 2.05) is 0 Å². The van der Waals surface area contributed by atoms with Crippen molar-refractivity contribution in [3.63, 3.8) is 0 Å². The lowest BCUT2D eigenvalue weighted by Gasteiger charge is -2.22. The zero-order valence-electron chi connectivity index (χ0n) is 12.7. The van der Waals surface area contributed by atoms with Crippen LogP contribution in [0.2, 0.25) is 0 Å². The van der Waals surface area contributed by atoms with E-state index in [0.29, 0.717) is 16.7 Å². The molecule has 0 fully saturated rings. The van der Waals surface area contributed by atoms with E-state index in [1.165, 1.54) is 0 Å². The summed E-state index contributed by atoms with van der Waals surface area (Å²) in [7, 11) is 1.77. The van der Waals surface area contributed by atoms with Crippen LogP contribution in [-0.4, -0.2) is 32.3 Å². The van der Waals surface area contributed by atoms with E-state index in [2.05, 4.69) is 15.4 Å². The van der Waals surface area contributed by atoms with Gasteiger partial charge in [0.1, 0.15) is 5.60 Å². The van der Waals surface area contributed by atoms with E-state index in [9.17, 15) is 9.90 Å². The van der Waals surface area contributed by atoms with Gasteiger partial charge in [-0.3, -0.25) is 9.48 Å². The SMILES string of the molecule is Cn1cc([C@](C)(O)CNC(=O)c2ccc3[nH]c(=S)oc3c2)cn1. The van der Waals surface area contributed by atoms with Crippen LogP contribution in [0.1, 0.15) is 22.8 Å². The number of hydrogen-bond acceptors (Lipinski definition) is 5. The first-order valence-corrected chi connectivity index (χ1v) is 7.38. The maximum absolute atomic E-state index is 12.3. The highest BCUT2D eigenvalue weighted by atomic mass is 32.1. The first-order valence-electron chi connectivity index (χ1n) is 6.98. The molecule has 0 bridgehead atoms. The van der Waals surface area contributed by atoms with Crippen LogP contribution in [0, 0.1) is 4.84 Å². The van der Waals surface area contributed by atoms with Crippen LogP contribution in [0.4, 0.5) is 0 Å². The minimum Gasteiger partial charge on any atom is -0.429 e. The third kappa shape index (κ3) is 3.17. The number of nitrogens with zero attached hydrogens (tertiary/aromatic N) is 2. The van der Waals surface area contributed by atoms with Crippen molar-refractivity contribution in [3.05, 3.63) is 46.6 Å². The van der Waals surface area contributed by atoms with Gasteiger partial charge >= 0.3 is 0 Å². The van der Waals surface area contributed by atoms with Gasteiger partial charge in [0, 0.05) is 24.4 Å². The van der Waals surface area contributed by atoms with Crippen molar-refractivity contribution in [1.82, 2.24) is 20.1 Å². The number of fused-ring (bicyclic) bond motifs is 1. The number of hydrogen-bond donors (Lipinski definition) is 3. The molecule has 23 heavy (non-hydrogen) atoms. The smallest absolute Gasteiger partial charge is 0.266 e. The molecular weight excluding hydrogens is 316 g/mol. The molecule has 0 aliphatic rings. The van der Waals surface area contributed by atoms with Crippen LogP contribution in [0.25, 0.3) is 11.1 Å². The number of rotatable bonds is 4. The molecule has 0 unspecified atom stereocenters. The highest BCUT2D eigenvalue weighted by molar-refractivity contribution is 7.71. The molecule has 0 spiro atoms. The Morgan fingerprint density at radius 3 is 3.04 bits per heavy atom. The number of aromatic nitrogens is 3. The van der Waals surface area contributed by atoms with Gasteiger partial charge in [-0.1, -0.05) is 0 Å². The molecule has 3 rings (SSSR count). The Balaban J connectivity index is 1.74. The summed E-state index contributed by atoms with van der Waals surface area (Å²) < 4.78 is 6.89. The lowest BCUT2D eigenvalue weighted by atomic mass is 9.99. The van der Waals surface area contributed by atoms with E-state index in [4.69, 9.17) is 16.6 Å². The summed E-state index contributed by atoms with van der Waals surface area (Å²) in [6.45, 7) is 1.69. The first kappa shape index (κ1) is 15.4. The topological polar surface area (TPSA) is 96.1 Å². The summed E-state index contributed by atoms with van der Waals surface area (Å²) in [5, 5.41) is 17.2. The Morgan fingerprint density at radius 2 is 2.35 bits per heavy atom. The van der Waals surface area contributed by atoms with Gasteiger partial charge in [0.25, 0.3) is 10.7 Å². The number of amides is 1. The molecule has 120 valence electrons. The summed E-state index contributed by atoms with van der Waals surface area (Å²) in [4.78, 5) is 15.4. The van der Waals surface area contributed by atoms with Gasteiger partial charge in [0.15, 0.2) is 5.58 Å². The monoisotopic (exact) mass is 332 g/mol. The third-order valence-electron chi connectivity index (χ3n) is 3.60. The Kier molecular flexibility index (Phi) is 3.78. The second kappa shape index (κ2) is 5.64. The van der Waals surface area contributed by atoms with E-state index in [-0.39, 0.29) is 17.3 Å². The van der Waals surface area contributed by atoms with E-state index in [1.54, 1.807) is 49.2 Å². The number of H-pyrrole nitrogens is 1. The number of benzene rings is 1. The molecule has 1 aromatic carbocycles.